The van der Waals surface area contributed by atoms with Crippen LogP contribution in [0.2, 0.25) is 0 Å². The molecule has 6 nitrogen and oxygen atoms in total. The topological polar surface area (TPSA) is 53.5 Å². The highest BCUT2D eigenvalue weighted by Gasteiger charge is 2.46. The van der Waals surface area contributed by atoms with Gasteiger partial charge in [-0.3, -0.25) is 0 Å². The molecule has 3 aliphatic rings. The molecule has 218 valence electrons. The number of hydrogen-bond acceptors (Lipinski definition) is 6. The molecule has 6 rings (SSSR count). The van der Waals surface area contributed by atoms with Crippen LogP contribution < -0.4 is 19.9 Å². The molecule has 0 radical (unpaired) electrons. The summed E-state index contributed by atoms with van der Waals surface area (Å²) in [7, 11) is 0. The quantitative estimate of drug-likeness (QED) is 0.361. The number of hydrogen-bond donors (Lipinski definition) is 1. The maximum Gasteiger partial charge on any atom is 0.573 e. The summed E-state index contributed by atoms with van der Waals surface area (Å²) in [5, 5.41) is 3.83. The third-order valence-corrected chi connectivity index (χ3v) is 8.28. The summed E-state index contributed by atoms with van der Waals surface area (Å²) >= 11 is 0. The van der Waals surface area contributed by atoms with E-state index in [-0.39, 0.29) is 29.9 Å². The van der Waals surface area contributed by atoms with Crippen LogP contribution in [-0.4, -0.2) is 53.6 Å². The first kappa shape index (κ1) is 27.6. The highest BCUT2D eigenvalue weighted by molar-refractivity contribution is 5.64. The van der Waals surface area contributed by atoms with Crippen molar-refractivity contribution in [2.24, 2.45) is 0 Å². The lowest BCUT2D eigenvalue weighted by atomic mass is 9.82. The maximum atomic E-state index is 13.1. The molecule has 2 aliphatic heterocycles. The predicted octanol–water partition coefficient (Wildman–Crippen LogP) is 6.43. The first-order valence-corrected chi connectivity index (χ1v) is 13.7. The Morgan fingerprint density at radius 1 is 0.805 bits per heavy atom. The number of nitrogens with zero attached hydrogens (tertiary/aromatic N) is 4. The van der Waals surface area contributed by atoms with Crippen LogP contribution in [0.25, 0.3) is 11.1 Å². The Hall–Kier alpha value is -3.54. The molecule has 1 N–H and O–H groups in total. The van der Waals surface area contributed by atoms with Crippen molar-refractivity contribution in [1.82, 2.24) is 15.3 Å². The number of ether oxygens (including phenoxy) is 1. The van der Waals surface area contributed by atoms with E-state index in [0.29, 0.717) is 30.2 Å². The van der Waals surface area contributed by atoms with Crippen LogP contribution >= 0.6 is 0 Å². The predicted molar refractivity (Wildman–Crippen MR) is 142 cm³/mol. The third kappa shape index (κ3) is 5.93. The summed E-state index contributed by atoms with van der Waals surface area (Å²) in [6.07, 6.45) is -0.929. The molecule has 2 aromatic carbocycles. The van der Waals surface area contributed by atoms with Crippen molar-refractivity contribution in [2.45, 2.75) is 68.8 Å². The zero-order valence-corrected chi connectivity index (χ0v) is 22.0. The van der Waals surface area contributed by atoms with E-state index in [9.17, 15) is 26.3 Å². The van der Waals surface area contributed by atoms with E-state index in [1.165, 1.54) is 30.3 Å². The molecule has 1 unspecified atom stereocenters. The normalized spacial score (nSPS) is 24.9. The average molecular weight is 578 g/mol. The summed E-state index contributed by atoms with van der Waals surface area (Å²) in [4.78, 5) is 13.8. The molecule has 1 aromatic heterocycles. The molecule has 3 heterocycles. The summed E-state index contributed by atoms with van der Waals surface area (Å²) in [5.41, 5.74) is 1.18. The van der Waals surface area contributed by atoms with E-state index >= 15 is 0 Å². The maximum absolute atomic E-state index is 13.1. The van der Waals surface area contributed by atoms with Crippen LogP contribution in [0.15, 0.2) is 60.9 Å². The van der Waals surface area contributed by atoms with Crippen molar-refractivity contribution in [3.05, 3.63) is 66.5 Å². The molecule has 1 aliphatic carbocycles. The van der Waals surface area contributed by atoms with E-state index < -0.39 is 18.1 Å². The van der Waals surface area contributed by atoms with Gasteiger partial charge in [-0.25, -0.2) is 9.97 Å². The number of fused-ring (bicyclic) bond motifs is 2. The number of rotatable bonds is 4. The highest BCUT2D eigenvalue weighted by Crippen LogP contribution is 2.37. The van der Waals surface area contributed by atoms with Crippen molar-refractivity contribution in [3.63, 3.8) is 0 Å². The van der Waals surface area contributed by atoms with Crippen LogP contribution in [0.1, 0.15) is 37.7 Å². The van der Waals surface area contributed by atoms with Gasteiger partial charge in [-0.2, -0.15) is 13.2 Å². The zero-order valence-electron chi connectivity index (χ0n) is 22.0. The second-order valence-electron chi connectivity index (χ2n) is 10.8. The number of anilines is 2. The fourth-order valence-corrected chi connectivity index (χ4v) is 6.46. The minimum absolute atomic E-state index is 0.0601. The Labute approximate surface area is 233 Å². The fraction of sp³-hybridized carbons (Fsp3) is 0.448. The van der Waals surface area contributed by atoms with Crippen molar-refractivity contribution in [1.29, 1.82) is 0 Å². The molecule has 12 heteroatoms. The fourth-order valence-electron chi connectivity index (χ4n) is 6.46. The lowest BCUT2D eigenvalue weighted by molar-refractivity contribution is -0.274. The first-order valence-electron chi connectivity index (χ1n) is 13.7. The van der Waals surface area contributed by atoms with Crippen molar-refractivity contribution < 1.29 is 31.1 Å². The van der Waals surface area contributed by atoms with Gasteiger partial charge in [-0.05, 0) is 61.2 Å². The molecular formula is C29H29F6N5O. The molecule has 0 bridgehead atoms. The van der Waals surface area contributed by atoms with Crippen LogP contribution in [0, 0.1) is 0 Å². The van der Waals surface area contributed by atoms with E-state index in [1.54, 1.807) is 18.5 Å². The average Bonchev–Trinajstić information content (AvgIpc) is 2.94. The Bertz CT molecular complexity index is 1350. The number of piperazine rings is 1. The Morgan fingerprint density at radius 2 is 1.51 bits per heavy atom. The number of aromatic nitrogens is 2. The number of piperidine rings is 1. The SMILES string of the molecule is FC(F)(F)Oc1cccc(-c2cnc(N3C4CCN(c5ccc(C(F)(F)F)cc5)C[C@H]4N[C@@H]4CCCC[C@H]43)nc2)c1. The van der Waals surface area contributed by atoms with E-state index in [4.69, 9.17) is 0 Å². The van der Waals surface area contributed by atoms with Crippen molar-refractivity contribution >= 4 is 11.6 Å². The van der Waals surface area contributed by atoms with Crippen LogP contribution in [0.4, 0.5) is 38.0 Å². The lowest BCUT2D eigenvalue weighted by Gasteiger charge is -2.55. The minimum Gasteiger partial charge on any atom is -0.406 e. The molecular weight excluding hydrogens is 548 g/mol. The van der Waals surface area contributed by atoms with Crippen LogP contribution in [0.5, 0.6) is 5.75 Å². The van der Waals surface area contributed by atoms with Crippen LogP contribution in [0.3, 0.4) is 0 Å². The Kier molecular flexibility index (Phi) is 7.21. The van der Waals surface area contributed by atoms with Gasteiger partial charge in [0.15, 0.2) is 0 Å². The van der Waals surface area contributed by atoms with Gasteiger partial charge in [0.25, 0.3) is 0 Å². The molecule has 3 fully saturated rings. The first-order chi connectivity index (χ1) is 19.5. The summed E-state index contributed by atoms with van der Waals surface area (Å²) in [6, 6.07) is 11.6. The number of benzene rings is 2. The molecule has 3 aromatic rings. The summed E-state index contributed by atoms with van der Waals surface area (Å²) in [6.45, 7) is 1.31. The molecule has 2 saturated heterocycles. The minimum atomic E-state index is -4.78. The zero-order chi connectivity index (χ0) is 28.8. The molecule has 4 atom stereocenters. The molecule has 1 saturated carbocycles. The second-order valence-corrected chi connectivity index (χ2v) is 10.8. The monoisotopic (exact) mass is 577 g/mol. The van der Waals surface area contributed by atoms with Gasteiger partial charge in [0.1, 0.15) is 5.75 Å². The highest BCUT2D eigenvalue weighted by atomic mass is 19.4. The van der Waals surface area contributed by atoms with Gasteiger partial charge < -0.3 is 19.9 Å². The van der Waals surface area contributed by atoms with Gasteiger partial charge in [-0.15, -0.1) is 13.2 Å². The van der Waals surface area contributed by atoms with Crippen molar-refractivity contribution in [2.75, 3.05) is 22.9 Å². The molecule has 41 heavy (non-hydrogen) atoms. The number of halogens is 6. The van der Waals surface area contributed by atoms with Gasteiger partial charge in [0.2, 0.25) is 5.95 Å². The lowest BCUT2D eigenvalue weighted by Crippen LogP contribution is -2.72. The van der Waals surface area contributed by atoms with E-state index in [0.717, 1.165) is 49.9 Å². The van der Waals surface area contributed by atoms with Gasteiger partial charge >= 0.3 is 12.5 Å². The smallest absolute Gasteiger partial charge is 0.406 e. The standard InChI is InChI=1S/C29H29F6N5O/c30-28(31,32)20-8-10-21(11-9-20)39-13-12-26-24(17-39)38-23-6-1-2-7-25(23)40(26)27-36-15-19(16-37-27)18-4-3-5-22(14-18)41-29(33,34)35/h3-5,8-11,14-16,23-26,38H,1-2,6-7,12-13,17H2/t23-,24-,25-,26?/m1/s1. The van der Waals surface area contributed by atoms with Gasteiger partial charge in [0.05, 0.1) is 11.6 Å². The van der Waals surface area contributed by atoms with Gasteiger partial charge in [-0.1, -0.05) is 25.0 Å². The summed E-state index contributed by atoms with van der Waals surface area (Å²) in [5.74, 6) is 0.265. The third-order valence-electron chi connectivity index (χ3n) is 8.28. The van der Waals surface area contributed by atoms with Gasteiger partial charge in [0, 0.05) is 54.9 Å². The largest absolute Gasteiger partial charge is 0.573 e. The Morgan fingerprint density at radius 3 is 2.22 bits per heavy atom. The van der Waals surface area contributed by atoms with E-state index in [2.05, 4.69) is 29.8 Å². The summed E-state index contributed by atoms with van der Waals surface area (Å²) < 4.78 is 81.3. The number of nitrogens with one attached hydrogen (secondary N) is 1. The molecule has 0 spiro atoms. The second kappa shape index (κ2) is 10.7. The Balaban J connectivity index is 1.23. The molecule has 0 amide bonds. The van der Waals surface area contributed by atoms with E-state index in [1.807, 2.05) is 0 Å². The van der Waals surface area contributed by atoms with Crippen LogP contribution in [-0.2, 0) is 6.18 Å². The van der Waals surface area contributed by atoms with Crippen molar-refractivity contribution in [3.8, 4) is 16.9 Å². The number of alkyl halides is 6.